The molecule has 1 atom stereocenters. The van der Waals surface area contributed by atoms with Crippen LogP contribution in [0, 0.1) is 11.8 Å². The molecule has 0 bridgehead atoms. The molecule has 3 heteroatoms. The third-order valence-electron chi connectivity index (χ3n) is 2.26. The van der Waals surface area contributed by atoms with Gasteiger partial charge in [0.15, 0.2) is 0 Å². The van der Waals surface area contributed by atoms with Crippen molar-refractivity contribution in [3.63, 3.8) is 0 Å². The average molecular weight is 263 g/mol. The molecule has 1 rings (SSSR count). The number of aliphatic hydroxyl groups is 1. The number of hydrogen-bond acceptors (Lipinski definition) is 2. The van der Waals surface area contributed by atoms with Crippen LogP contribution in [0.15, 0.2) is 15.9 Å². The summed E-state index contributed by atoms with van der Waals surface area (Å²) in [4.78, 5) is 1.35. The lowest BCUT2D eigenvalue weighted by Gasteiger charge is -2.16. The summed E-state index contributed by atoms with van der Waals surface area (Å²) in [5, 5.41) is 11.2. The second-order valence-corrected chi connectivity index (χ2v) is 5.53. The van der Waals surface area contributed by atoms with Crippen LogP contribution in [0.5, 0.6) is 0 Å². The minimum Gasteiger partial charge on any atom is -0.396 e. The Morgan fingerprint density at radius 1 is 1.54 bits per heavy atom. The van der Waals surface area contributed by atoms with Gasteiger partial charge in [0.2, 0.25) is 0 Å². The van der Waals surface area contributed by atoms with E-state index in [0.717, 1.165) is 10.9 Å². The fourth-order valence-electron chi connectivity index (χ4n) is 1.23. The lowest BCUT2D eigenvalue weighted by Crippen LogP contribution is -2.15. The molecule has 0 aliphatic heterocycles. The molecule has 1 nitrogen and oxygen atoms in total. The molecule has 13 heavy (non-hydrogen) atoms. The van der Waals surface area contributed by atoms with Crippen molar-refractivity contribution in [3.8, 4) is 0 Å². The van der Waals surface area contributed by atoms with E-state index in [1.807, 2.05) is 0 Å². The summed E-state index contributed by atoms with van der Waals surface area (Å²) in [6.07, 6.45) is 0.991. The van der Waals surface area contributed by atoms with Gasteiger partial charge in [-0.25, -0.2) is 0 Å². The summed E-state index contributed by atoms with van der Waals surface area (Å²) in [6, 6.07) is 2.13. The Bertz CT molecular complexity index is 257. The fourth-order valence-corrected chi connectivity index (χ4v) is 2.78. The van der Waals surface area contributed by atoms with Crippen LogP contribution >= 0.6 is 27.3 Å². The predicted molar refractivity (Wildman–Crippen MR) is 61.1 cm³/mol. The van der Waals surface area contributed by atoms with Crippen LogP contribution in [0.1, 0.15) is 18.7 Å². The first-order chi connectivity index (χ1) is 6.13. The van der Waals surface area contributed by atoms with E-state index < -0.39 is 0 Å². The quantitative estimate of drug-likeness (QED) is 0.883. The van der Waals surface area contributed by atoms with Crippen molar-refractivity contribution in [1.29, 1.82) is 0 Å². The number of aliphatic hydroxyl groups excluding tert-OH is 1. The van der Waals surface area contributed by atoms with Gasteiger partial charge >= 0.3 is 0 Å². The second-order valence-electron chi connectivity index (χ2n) is 3.62. The molecule has 0 aliphatic rings. The molecule has 1 aromatic heterocycles. The standard InChI is InChI=1S/C10H15BrOS/c1-7(2)8(5-12)3-10-4-9(11)6-13-10/h4,6-8,12H,3,5H2,1-2H3. The topological polar surface area (TPSA) is 20.2 Å². The molecule has 0 amide bonds. The number of hydrogen-bond donors (Lipinski definition) is 1. The Morgan fingerprint density at radius 3 is 2.62 bits per heavy atom. The van der Waals surface area contributed by atoms with Gasteiger partial charge in [0.05, 0.1) is 0 Å². The maximum Gasteiger partial charge on any atom is 0.0465 e. The Balaban J connectivity index is 2.56. The molecular formula is C10H15BrOS. The van der Waals surface area contributed by atoms with E-state index in [4.69, 9.17) is 5.11 Å². The van der Waals surface area contributed by atoms with E-state index in [9.17, 15) is 0 Å². The Morgan fingerprint density at radius 2 is 2.23 bits per heavy atom. The van der Waals surface area contributed by atoms with Gasteiger partial charge in [-0.3, -0.25) is 0 Å². The SMILES string of the molecule is CC(C)C(CO)Cc1cc(Br)cs1. The maximum atomic E-state index is 9.16. The van der Waals surface area contributed by atoms with E-state index in [1.165, 1.54) is 4.88 Å². The molecular weight excluding hydrogens is 248 g/mol. The lowest BCUT2D eigenvalue weighted by atomic mass is 9.93. The van der Waals surface area contributed by atoms with Crippen molar-refractivity contribution in [3.05, 3.63) is 20.8 Å². The molecule has 0 fully saturated rings. The average Bonchev–Trinajstić information content (AvgIpc) is 2.46. The van der Waals surface area contributed by atoms with Gasteiger partial charge in [-0.15, -0.1) is 11.3 Å². The zero-order valence-electron chi connectivity index (χ0n) is 7.96. The van der Waals surface area contributed by atoms with Crippen LogP contribution in [-0.4, -0.2) is 11.7 Å². The highest BCUT2D eigenvalue weighted by molar-refractivity contribution is 9.10. The number of halogens is 1. The molecule has 0 aromatic carbocycles. The first-order valence-corrected chi connectivity index (χ1v) is 6.14. The van der Waals surface area contributed by atoms with E-state index in [0.29, 0.717) is 11.8 Å². The van der Waals surface area contributed by atoms with Crippen LogP contribution in [0.2, 0.25) is 0 Å². The first kappa shape index (κ1) is 11.2. The Hall–Kier alpha value is 0.140. The number of thiophene rings is 1. The molecule has 1 unspecified atom stereocenters. The zero-order chi connectivity index (χ0) is 9.84. The van der Waals surface area contributed by atoms with Gasteiger partial charge < -0.3 is 5.11 Å². The molecule has 0 saturated carbocycles. The summed E-state index contributed by atoms with van der Waals surface area (Å²) >= 11 is 5.18. The van der Waals surface area contributed by atoms with Crippen molar-refractivity contribution < 1.29 is 5.11 Å². The summed E-state index contributed by atoms with van der Waals surface area (Å²) in [7, 11) is 0. The highest BCUT2D eigenvalue weighted by Gasteiger charge is 2.13. The lowest BCUT2D eigenvalue weighted by molar-refractivity contribution is 0.190. The summed E-state index contributed by atoms with van der Waals surface area (Å²) in [5.41, 5.74) is 0. The third-order valence-corrected chi connectivity index (χ3v) is 3.98. The van der Waals surface area contributed by atoms with E-state index in [-0.39, 0.29) is 6.61 Å². The van der Waals surface area contributed by atoms with Crippen LogP contribution < -0.4 is 0 Å². The van der Waals surface area contributed by atoms with Crippen molar-refractivity contribution in [2.24, 2.45) is 11.8 Å². The van der Waals surface area contributed by atoms with Gasteiger partial charge in [0, 0.05) is 21.3 Å². The van der Waals surface area contributed by atoms with Crippen LogP contribution in [0.3, 0.4) is 0 Å². The highest BCUT2D eigenvalue weighted by atomic mass is 79.9. The molecule has 74 valence electrons. The molecule has 1 N–H and O–H groups in total. The Kier molecular flexibility index (Phi) is 4.42. The minimum absolute atomic E-state index is 0.285. The minimum atomic E-state index is 0.285. The molecule has 0 aliphatic carbocycles. The molecule has 1 heterocycles. The van der Waals surface area contributed by atoms with Gasteiger partial charge in [-0.2, -0.15) is 0 Å². The monoisotopic (exact) mass is 262 g/mol. The third kappa shape index (κ3) is 3.41. The highest BCUT2D eigenvalue weighted by Crippen LogP contribution is 2.24. The maximum absolute atomic E-state index is 9.16. The smallest absolute Gasteiger partial charge is 0.0465 e. The van der Waals surface area contributed by atoms with Gasteiger partial charge in [0.1, 0.15) is 0 Å². The zero-order valence-corrected chi connectivity index (χ0v) is 10.4. The summed E-state index contributed by atoms with van der Waals surface area (Å²) < 4.78 is 1.15. The van der Waals surface area contributed by atoms with Crippen LogP contribution in [0.25, 0.3) is 0 Å². The van der Waals surface area contributed by atoms with Gasteiger partial charge in [0.25, 0.3) is 0 Å². The Labute approximate surface area is 91.9 Å². The predicted octanol–water partition coefficient (Wildman–Crippen LogP) is 3.32. The van der Waals surface area contributed by atoms with E-state index in [1.54, 1.807) is 11.3 Å². The second kappa shape index (κ2) is 5.13. The molecule has 0 saturated heterocycles. The van der Waals surface area contributed by atoms with Crippen molar-refractivity contribution in [2.75, 3.05) is 6.61 Å². The fraction of sp³-hybridized carbons (Fsp3) is 0.600. The van der Waals surface area contributed by atoms with Gasteiger partial charge in [-0.05, 0) is 40.3 Å². The van der Waals surface area contributed by atoms with Crippen LogP contribution in [-0.2, 0) is 6.42 Å². The van der Waals surface area contributed by atoms with E-state index in [2.05, 4.69) is 41.2 Å². The van der Waals surface area contributed by atoms with Gasteiger partial charge in [-0.1, -0.05) is 13.8 Å². The summed E-state index contributed by atoms with van der Waals surface area (Å²) in [6.45, 7) is 4.60. The largest absolute Gasteiger partial charge is 0.396 e. The van der Waals surface area contributed by atoms with Crippen molar-refractivity contribution in [1.82, 2.24) is 0 Å². The normalized spacial score (nSPS) is 13.6. The number of rotatable bonds is 4. The molecule has 0 radical (unpaired) electrons. The molecule has 1 aromatic rings. The van der Waals surface area contributed by atoms with Crippen molar-refractivity contribution in [2.45, 2.75) is 20.3 Å². The first-order valence-electron chi connectivity index (χ1n) is 4.47. The molecule has 0 spiro atoms. The van der Waals surface area contributed by atoms with Crippen molar-refractivity contribution >= 4 is 27.3 Å². The van der Waals surface area contributed by atoms with Crippen LogP contribution in [0.4, 0.5) is 0 Å². The summed E-state index contributed by atoms with van der Waals surface area (Å²) in [5.74, 6) is 0.941. The van der Waals surface area contributed by atoms with E-state index >= 15 is 0 Å².